The van der Waals surface area contributed by atoms with Gasteiger partial charge in [0.25, 0.3) is 0 Å². The van der Waals surface area contributed by atoms with Gasteiger partial charge >= 0.3 is 0 Å². The third kappa shape index (κ3) is 5.58. The van der Waals surface area contributed by atoms with Gasteiger partial charge in [-0.15, -0.1) is 11.3 Å². The van der Waals surface area contributed by atoms with Crippen LogP contribution in [0.3, 0.4) is 0 Å². The molecule has 0 fully saturated rings. The Morgan fingerprint density at radius 1 is 1.21 bits per heavy atom. The van der Waals surface area contributed by atoms with E-state index >= 15 is 0 Å². The summed E-state index contributed by atoms with van der Waals surface area (Å²) in [6.45, 7) is 1.18. The number of carbonyl (C=O) groups is 1. The van der Waals surface area contributed by atoms with E-state index < -0.39 is 11.6 Å². The lowest BCUT2D eigenvalue weighted by Gasteiger charge is -2.16. The highest BCUT2D eigenvalue weighted by molar-refractivity contribution is 7.14. The van der Waals surface area contributed by atoms with E-state index in [9.17, 15) is 13.6 Å². The lowest BCUT2D eigenvalue weighted by Crippen LogP contribution is -2.33. The molecule has 5 nitrogen and oxygen atoms in total. The molecule has 1 aromatic heterocycles. The van der Waals surface area contributed by atoms with Gasteiger partial charge in [-0.3, -0.25) is 9.69 Å². The first-order valence-electron chi connectivity index (χ1n) is 8.58. The van der Waals surface area contributed by atoms with Crippen molar-refractivity contribution in [2.45, 2.75) is 0 Å². The van der Waals surface area contributed by atoms with Gasteiger partial charge in [0.15, 0.2) is 5.13 Å². The van der Waals surface area contributed by atoms with Gasteiger partial charge in [0.05, 0.1) is 12.2 Å². The average Bonchev–Trinajstić information content (AvgIpc) is 3.12. The quantitative estimate of drug-likeness (QED) is 0.617. The van der Waals surface area contributed by atoms with Crippen LogP contribution >= 0.6 is 11.3 Å². The van der Waals surface area contributed by atoms with Crippen molar-refractivity contribution in [1.82, 2.24) is 9.88 Å². The van der Waals surface area contributed by atoms with Crippen molar-refractivity contribution in [2.75, 3.05) is 32.1 Å². The maximum absolute atomic E-state index is 13.8. The number of nitrogens with one attached hydrogen (secondary N) is 1. The molecule has 2 aromatic carbocycles. The number of halogens is 2. The van der Waals surface area contributed by atoms with Crippen LogP contribution in [0.2, 0.25) is 0 Å². The van der Waals surface area contributed by atoms with Crippen LogP contribution in [0.5, 0.6) is 5.75 Å². The summed E-state index contributed by atoms with van der Waals surface area (Å²) in [5, 5.41) is 4.58. The van der Waals surface area contributed by atoms with Gasteiger partial charge in [-0.25, -0.2) is 13.8 Å². The predicted molar refractivity (Wildman–Crippen MR) is 106 cm³/mol. The number of rotatable bonds is 8. The molecule has 1 N–H and O–H groups in total. The van der Waals surface area contributed by atoms with Crippen LogP contribution in [0, 0.1) is 11.6 Å². The standard InChI is InChI=1S/C20H19F2N3O2S/c1-25(9-10-27-15-5-3-2-4-6-15)12-19(26)24-20-23-18(13-28-20)16-11-14(21)7-8-17(16)22/h2-8,11,13H,9-10,12H2,1H3,(H,23,24,26). The molecule has 0 radical (unpaired) electrons. The summed E-state index contributed by atoms with van der Waals surface area (Å²) in [4.78, 5) is 18.1. The van der Waals surface area contributed by atoms with Crippen molar-refractivity contribution in [1.29, 1.82) is 0 Å². The van der Waals surface area contributed by atoms with E-state index in [4.69, 9.17) is 4.74 Å². The second kappa shape index (κ2) is 9.38. The Kier molecular flexibility index (Phi) is 6.67. The number of para-hydroxylation sites is 1. The molecule has 1 amide bonds. The monoisotopic (exact) mass is 403 g/mol. The van der Waals surface area contributed by atoms with Crippen molar-refractivity contribution in [2.24, 2.45) is 0 Å². The molecular weight excluding hydrogens is 384 g/mol. The third-order valence-corrected chi connectivity index (χ3v) is 4.61. The van der Waals surface area contributed by atoms with Crippen molar-refractivity contribution >= 4 is 22.4 Å². The lowest BCUT2D eigenvalue weighted by atomic mass is 10.1. The zero-order chi connectivity index (χ0) is 19.9. The van der Waals surface area contributed by atoms with Crippen LogP contribution in [0.25, 0.3) is 11.3 Å². The molecule has 0 atom stereocenters. The van der Waals surface area contributed by atoms with Gasteiger partial charge in [-0.2, -0.15) is 0 Å². The second-order valence-electron chi connectivity index (χ2n) is 6.11. The molecule has 0 saturated carbocycles. The molecule has 8 heteroatoms. The first-order chi connectivity index (χ1) is 13.5. The number of anilines is 1. The maximum atomic E-state index is 13.8. The van der Waals surface area contributed by atoms with Crippen LogP contribution in [0.4, 0.5) is 13.9 Å². The van der Waals surface area contributed by atoms with Gasteiger partial charge in [0, 0.05) is 17.5 Å². The van der Waals surface area contributed by atoms with Gasteiger partial charge in [-0.05, 0) is 37.4 Å². The topological polar surface area (TPSA) is 54.5 Å². The fourth-order valence-corrected chi connectivity index (χ4v) is 3.19. The second-order valence-corrected chi connectivity index (χ2v) is 6.97. The van der Waals surface area contributed by atoms with E-state index in [1.54, 1.807) is 5.38 Å². The number of aromatic nitrogens is 1. The maximum Gasteiger partial charge on any atom is 0.240 e. The smallest absolute Gasteiger partial charge is 0.240 e. The van der Waals surface area contributed by atoms with E-state index in [1.165, 1.54) is 0 Å². The van der Waals surface area contributed by atoms with Crippen LogP contribution in [-0.4, -0.2) is 42.5 Å². The van der Waals surface area contributed by atoms with Crippen LogP contribution in [0.15, 0.2) is 53.9 Å². The van der Waals surface area contributed by atoms with Gasteiger partial charge in [0.1, 0.15) is 24.0 Å². The number of carbonyl (C=O) groups excluding carboxylic acids is 1. The van der Waals surface area contributed by atoms with E-state index in [2.05, 4.69) is 10.3 Å². The molecule has 1 heterocycles. The summed E-state index contributed by atoms with van der Waals surface area (Å²) in [7, 11) is 1.81. The van der Waals surface area contributed by atoms with Crippen molar-refractivity contribution in [3.63, 3.8) is 0 Å². The number of hydrogen-bond donors (Lipinski definition) is 1. The van der Waals surface area contributed by atoms with Crippen LogP contribution in [0.1, 0.15) is 0 Å². The number of benzene rings is 2. The Balaban J connectivity index is 1.48. The molecular formula is C20H19F2N3O2S. The van der Waals surface area contributed by atoms with Crippen molar-refractivity contribution < 1.29 is 18.3 Å². The summed E-state index contributed by atoms with van der Waals surface area (Å²) >= 11 is 1.15. The van der Waals surface area contributed by atoms with Crippen LogP contribution < -0.4 is 10.1 Å². The van der Waals surface area contributed by atoms with Gasteiger partial charge < -0.3 is 10.1 Å². The largest absolute Gasteiger partial charge is 0.492 e. The number of thiazole rings is 1. The Hall–Kier alpha value is -2.84. The summed E-state index contributed by atoms with van der Waals surface area (Å²) in [5.74, 6) is -0.583. The fourth-order valence-electron chi connectivity index (χ4n) is 2.47. The Labute approximate surface area is 165 Å². The SMILES string of the molecule is CN(CCOc1ccccc1)CC(=O)Nc1nc(-c2cc(F)ccc2F)cs1. The lowest BCUT2D eigenvalue weighted by molar-refractivity contribution is -0.117. The molecule has 3 aromatic rings. The average molecular weight is 403 g/mol. The van der Waals surface area contributed by atoms with E-state index in [-0.39, 0.29) is 23.7 Å². The first-order valence-corrected chi connectivity index (χ1v) is 9.46. The van der Waals surface area contributed by atoms with Crippen molar-refractivity contribution in [3.05, 3.63) is 65.5 Å². The minimum absolute atomic E-state index is 0.0620. The van der Waals surface area contributed by atoms with Gasteiger partial charge in [0.2, 0.25) is 5.91 Å². The Morgan fingerprint density at radius 2 is 2.00 bits per heavy atom. The zero-order valence-corrected chi connectivity index (χ0v) is 16.0. The molecule has 0 spiro atoms. The molecule has 0 aliphatic heterocycles. The molecule has 0 bridgehead atoms. The number of nitrogens with zero attached hydrogens (tertiary/aromatic N) is 2. The molecule has 0 aliphatic rings. The normalized spacial score (nSPS) is 10.9. The number of ether oxygens (including phenoxy) is 1. The Morgan fingerprint density at radius 3 is 2.79 bits per heavy atom. The zero-order valence-electron chi connectivity index (χ0n) is 15.2. The summed E-state index contributed by atoms with van der Waals surface area (Å²) < 4.78 is 32.8. The highest BCUT2D eigenvalue weighted by atomic mass is 32.1. The highest BCUT2D eigenvalue weighted by Crippen LogP contribution is 2.27. The molecule has 0 aliphatic carbocycles. The summed E-state index contributed by atoms with van der Waals surface area (Å²) in [6, 6.07) is 12.6. The fraction of sp³-hybridized carbons (Fsp3) is 0.200. The number of amides is 1. The molecule has 28 heavy (non-hydrogen) atoms. The summed E-state index contributed by atoms with van der Waals surface area (Å²) in [5.41, 5.74) is 0.342. The van der Waals surface area contributed by atoms with E-state index in [1.807, 2.05) is 42.3 Å². The van der Waals surface area contributed by atoms with E-state index in [0.29, 0.717) is 18.3 Å². The minimum Gasteiger partial charge on any atom is -0.492 e. The third-order valence-electron chi connectivity index (χ3n) is 3.85. The van der Waals surface area contributed by atoms with Crippen molar-refractivity contribution in [3.8, 4) is 17.0 Å². The molecule has 0 saturated heterocycles. The minimum atomic E-state index is -0.567. The first kappa shape index (κ1) is 19.9. The van der Waals surface area contributed by atoms with Crippen LogP contribution in [-0.2, 0) is 4.79 Å². The van der Waals surface area contributed by atoms with E-state index in [0.717, 1.165) is 35.3 Å². The number of likely N-dealkylation sites (N-methyl/N-ethyl adjacent to an activating group) is 1. The predicted octanol–water partition coefficient (Wildman–Crippen LogP) is 4.04. The molecule has 146 valence electrons. The van der Waals surface area contributed by atoms with Gasteiger partial charge in [-0.1, -0.05) is 18.2 Å². The molecule has 0 unspecified atom stereocenters. The highest BCUT2D eigenvalue weighted by Gasteiger charge is 2.13. The number of hydrogen-bond acceptors (Lipinski definition) is 5. The molecule has 3 rings (SSSR count). The summed E-state index contributed by atoms with van der Waals surface area (Å²) in [6.07, 6.45) is 0. The Bertz CT molecular complexity index is 934.